The lowest BCUT2D eigenvalue weighted by Crippen LogP contribution is -2.40. The Morgan fingerprint density at radius 3 is 2.57 bits per heavy atom. The Bertz CT molecular complexity index is 1730. The fourth-order valence-electron chi connectivity index (χ4n) is 5.06. The maximum atomic E-state index is 13.1. The summed E-state index contributed by atoms with van der Waals surface area (Å²) < 4.78 is 35.1. The molecule has 240 valence electrons. The molecule has 1 fully saturated rings. The number of aliphatic carboxylic acids is 1. The first-order valence-electron chi connectivity index (χ1n) is 14.4. The summed E-state index contributed by atoms with van der Waals surface area (Å²) in [6.45, 7) is -0.151. The quantitative estimate of drug-likeness (QED) is 0.210. The molecule has 0 aliphatic carbocycles. The number of nitrogens with one attached hydrogen (secondary N) is 3. The van der Waals surface area contributed by atoms with Gasteiger partial charge in [0.1, 0.15) is 29.7 Å². The molecule has 3 atom stereocenters. The van der Waals surface area contributed by atoms with Crippen LogP contribution in [0.5, 0.6) is 0 Å². The number of aromatic nitrogens is 1. The van der Waals surface area contributed by atoms with Crippen molar-refractivity contribution in [1.82, 2.24) is 15.2 Å². The summed E-state index contributed by atoms with van der Waals surface area (Å²) in [5, 5.41) is 18.2. The van der Waals surface area contributed by atoms with E-state index >= 15 is 0 Å². The monoisotopic (exact) mass is 648 g/mol. The van der Waals surface area contributed by atoms with Crippen LogP contribution in [0.3, 0.4) is 0 Å². The van der Waals surface area contributed by atoms with E-state index in [-0.39, 0.29) is 29.9 Å². The van der Waals surface area contributed by atoms with Crippen LogP contribution in [0.2, 0.25) is 0 Å². The fraction of sp³-hybridized carbons (Fsp3) is 0.290. The van der Waals surface area contributed by atoms with E-state index in [0.717, 1.165) is 5.56 Å². The number of carboxylic acids is 1. The molecule has 4 N–H and O–H groups in total. The second-order valence-electron chi connectivity index (χ2n) is 10.5. The molecule has 5 rings (SSSR count). The maximum absolute atomic E-state index is 13.1. The highest BCUT2D eigenvalue weighted by Gasteiger charge is 2.37. The highest BCUT2D eigenvalue weighted by Crippen LogP contribution is 2.24. The van der Waals surface area contributed by atoms with E-state index in [1.807, 2.05) is 36.4 Å². The van der Waals surface area contributed by atoms with Crippen LogP contribution in [0, 0.1) is 0 Å². The van der Waals surface area contributed by atoms with E-state index in [9.17, 15) is 27.9 Å². The lowest BCUT2D eigenvalue weighted by atomic mass is 10.1. The Hall–Kier alpha value is -5.28. The van der Waals surface area contributed by atoms with Crippen molar-refractivity contribution in [2.24, 2.45) is 4.99 Å². The van der Waals surface area contributed by atoms with Gasteiger partial charge in [-0.2, -0.15) is 8.42 Å². The zero-order valence-corrected chi connectivity index (χ0v) is 25.4. The molecule has 1 aromatic heterocycles. The van der Waals surface area contributed by atoms with Gasteiger partial charge in [0.2, 0.25) is 16.2 Å². The largest absolute Gasteiger partial charge is 0.480 e. The fourth-order valence-corrected chi connectivity index (χ4v) is 5.68. The summed E-state index contributed by atoms with van der Waals surface area (Å²) in [5.41, 5.74) is 1.69. The summed E-state index contributed by atoms with van der Waals surface area (Å²) in [5.74, 6) is -1.43. The average molecular weight is 649 g/mol. The van der Waals surface area contributed by atoms with E-state index in [4.69, 9.17) is 9.47 Å². The Morgan fingerprint density at radius 2 is 1.83 bits per heavy atom. The van der Waals surface area contributed by atoms with E-state index in [2.05, 4.69) is 25.9 Å². The minimum atomic E-state index is -2.68. The summed E-state index contributed by atoms with van der Waals surface area (Å²) in [6, 6.07) is 19.5. The third-order valence-electron chi connectivity index (χ3n) is 7.32. The number of hydrogen-bond donors (Lipinski definition) is 4. The minimum absolute atomic E-state index is 0.102. The van der Waals surface area contributed by atoms with Crippen molar-refractivity contribution in [3.63, 3.8) is 0 Å². The zero-order chi connectivity index (χ0) is 32.5. The molecule has 15 heteroatoms. The molecule has 2 aromatic carbocycles. The number of carbonyl (C=O) groups is 3. The molecule has 0 radical (unpaired) electrons. The number of aliphatic imine (C=N–C) groups is 1. The van der Waals surface area contributed by atoms with Crippen LogP contribution < -0.4 is 16.0 Å². The standard InChI is InChI=1S/C31H32N6O8S/c38-27(34-16-25(30(39)40)36-29-28(46(42)43)23-10-4-5-11-24(23)35-29)19-44-22-14-21(15-33-26-12-6-7-13-32-26)37(17-22)31(41)45-18-20-8-2-1-3-9-20/h1-13,21-22,25H,14-19H2,(H,32,33)(H,34,38)(H,35,36)(H,39,40)/t21?,22?,25-/m0/s1. The number of rotatable bonds is 12. The van der Waals surface area contributed by atoms with Crippen molar-refractivity contribution in [3.8, 4) is 0 Å². The van der Waals surface area contributed by atoms with E-state index in [1.54, 1.807) is 47.5 Å². The Kier molecular flexibility index (Phi) is 10.6. The second kappa shape index (κ2) is 15.1. The third kappa shape index (κ3) is 8.25. The van der Waals surface area contributed by atoms with Gasteiger partial charge in [0, 0.05) is 24.0 Å². The summed E-state index contributed by atoms with van der Waals surface area (Å²) in [6.07, 6.45) is 1.05. The summed E-state index contributed by atoms with van der Waals surface area (Å²) >= 11 is 0. The Balaban J connectivity index is 1.16. The predicted octanol–water partition coefficient (Wildman–Crippen LogP) is 1.78. The molecule has 0 spiro atoms. The number of para-hydroxylation sites is 1. The number of amides is 2. The number of fused-ring (bicyclic) bond motifs is 1. The summed E-state index contributed by atoms with van der Waals surface area (Å²) in [7, 11) is -2.68. The van der Waals surface area contributed by atoms with E-state index in [0.29, 0.717) is 30.0 Å². The van der Waals surface area contributed by atoms with Crippen LogP contribution >= 0.6 is 0 Å². The van der Waals surface area contributed by atoms with Gasteiger partial charge in [0.05, 0.1) is 25.2 Å². The highest BCUT2D eigenvalue weighted by atomic mass is 32.2. The molecule has 14 nitrogen and oxygen atoms in total. The van der Waals surface area contributed by atoms with Crippen molar-refractivity contribution in [1.29, 1.82) is 0 Å². The molecule has 2 aliphatic rings. The molecule has 3 aromatic rings. The number of carboxylic acid groups (broad SMARTS) is 1. The number of nitrogens with zero attached hydrogens (tertiary/aromatic N) is 3. The SMILES string of the molecule is O=C(COC1CC(CNc2ccccn2)N(C(=O)OCc2ccccc2)C1)NC[C@H](N=C1Nc2ccccc2C1=S(=O)=O)C(=O)O. The Morgan fingerprint density at radius 1 is 1.07 bits per heavy atom. The van der Waals surface area contributed by atoms with Crippen molar-refractivity contribution < 1.29 is 37.4 Å². The molecular formula is C31H32N6O8S. The van der Waals surface area contributed by atoms with Crippen molar-refractivity contribution in [2.75, 3.05) is 36.9 Å². The molecule has 46 heavy (non-hydrogen) atoms. The van der Waals surface area contributed by atoms with Crippen molar-refractivity contribution in [2.45, 2.75) is 31.2 Å². The molecule has 0 bridgehead atoms. The number of amidine groups is 1. The number of carbonyl (C=O) groups excluding carboxylic acids is 2. The van der Waals surface area contributed by atoms with Crippen LogP contribution in [0.25, 0.3) is 0 Å². The van der Waals surface area contributed by atoms with Gasteiger partial charge in [-0.1, -0.05) is 54.6 Å². The first kappa shape index (κ1) is 32.1. The molecule has 2 unspecified atom stereocenters. The van der Waals surface area contributed by atoms with Gasteiger partial charge in [0.25, 0.3) is 0 Å². The smallest absolute Gasteiger partial charge is 0.410 e. The van der Waals surface area contributed by atoms with Crippen LogP contribution in [0.15, 0.2) is 84.0 Å². The Labute approximate surface area is 266 Å². The van der Waals surface area contributed by atoms with E-state index in [1.165, 1.54) is 0 Å². The second-order valence-corrected chi connectivity index (χ2v) is 11.4. The van der Waals surface area contributed by atoms with Gasteiger partial charge in [0.15, 0.2) is 6.04 Å². The zero-order valence-electron chi connectivity index (χ0n) is 24.5. The lowest BCUT2D eigenvalue weighted by Gasteiger charge is -2.24. The van der Waals surface area contributed by atoms with Gasteiger partial charge >= 0.3 is 12.1 Å². The number of likely N-dealkylation sites (tertiary alicyclic amines) is 1. The number of pyridine rings is 1. The molecule has 3 heterocycles. The number of anilines is 2. The minimum Gasteiger partial charge on any atom is -0.480 e. The number of ether oxygens (including phenoxy) is 2. The van der Waals surface area contributed by atoms with Crippen molar-refractivity contribution in [3.05, 3.63) is 90.1 Å². The first-order valence-corrected chi connectivity index (χ1v) is 15.5. The van der Waals surface area contributed by atoms with Crippen LogP contribution in [0.4, 0.5) is 16.3 Å². The maximum Gasteiger partial charge on any atom is 0.410 e. The van der Waals surface area contributed by atoms with E-state index < -0.39 is 53.6 Å². The third-order valence-corrected chi connectivity index (χ3v) is 8.07. The number of hydrogen-bond acceptors (Lipinski definition) is 10. The van der Waals surface area contributed by atoms with Gasteiger partial charge < -0.3 is 35.4 Å². The molecule has 2 amide bonds. The van der Waals surface area contributed by atoms with Gasteiger partial charge in [-0.25, -0.2) is 19.6 Å². The van der Waals surface area contributed by atoms with Crippen LogP contribution in [-0.4, -0.2) is 96.5 Å². The van der Waals surface area contributed by atoms with Crippen molar-refractivity contribution >= 4 is 50.5 Å². The lowest BCUT2D eigenvalue weighted by molar-refractivity contribution is -0.138. The normalized spacial score (nSPS) is 18.4. The van der Waals surface area contributed by atoms with Gasteiger partial charge in [-0.05, 0) is 30.2 Å². The van der Waals surface area contributed by atoms with Crippen LogP contribution in [-0.2, 0) is 36.0 Å². The summed E-state index contributed by atoms with van der Waals surface area (Å²) in [4.78, 5) is 47.4. The average Bonchev–Trinajstić information content (AvgIpc) is 3.65. The van der Waals surface area contributed by atoms with Gasteiger partial charge in [-0.15, -0.1) is 0 Å². The molecular weight excluding hydrogens is 616 g/mol. The molecule has 0 saturated carbocycles. The molecule has 1 saturated heterocycles. The molecule has 2 aliphatic heterocycles. The number of benzene rings is 2. The highest BCUT2D eigenvalue weighted by molar-refractivity contribution is 7.75. The van der Waals surface area contributed by atoms with Gasteiger partial charge in [-0.3, -0.25) is 4.79 Å². The predicted molar refractivity (Wildman–Crippen MR) is 169 cm³/mol. The van der Waals surface area contributed by atoms with Crippen LogP contribution in [0.1, 0.15) is 17.5 Å². The first-order chi connectivity index (χ1) is 22.3. The topological polar surface area (TPSA) is 189 Å².